The van der Waals surface area contributed by atoms with Crippen molar-refractivity contribution in [2.24, 2.45) is 5.92 Å². The standard InChI is InChI=1S/C25H32N6O3/c1-15-14-31(18-6-4-5-7-18)22-20(30(2)24(15)33)13-26-25(29-22)28-19-11-8-16(12-21(19)34-3)23(32)27-17-9-10-17/h8,11-13,15,17-18H,4-7,9-10,14H2,1-3H3,(H,27,32)(H,26,28,29)/t15-/m1/s1. The predicted molar refractivity (Wildman–Crippen MR) is 131 cm³/mol. The molecule has 0 bridgehead atoms. The summed E-state index contributed by atoms with van der Waals surface area (Å²) in [7, 11) is 3.37. The molecule has 2 amide bonds. The molecule has 3 aliphatic rings. The molecule has 2 heterocycles. The summed E-state index contributed by atoms with van der Waals surface area (Å²) in [5.74, 6) is 1.60. The van der Waals surface area contributed by atoms with Crippen molar-refractivity contribution in [3.63, 3.8) is 0 Å². The Hall–Kier alpha value is -3.36. The third-order valence-electron chi connectivity index (χ3n) is 6.99. The summed E-state index contributed by atoms with van der Waals surface area (Å²) in [5, 5.41) is 6.25. The van der Waals surface area contributed by atoms with E-state index >= 15 is 0 Å². The topological polar surface area (TPSA) is 99.7 Å². The minimum absolute atomic E-state index is 0.0767. The van der Waals surface area contributed by atoms with Gasteiger partial charge in [-0.15, -0.1) is 0 Å². The summed E-state index contributed by atoms with van der Waals surface area (Å²) in [4.78, 5) is 38.6. The lowest BCUT2D eigenvalue weighted by Gasteiger charge is -2.31. The summed E-state index contributed by atoms with van der Waals surface area (Å²) in [5.41, 5.74) is 1.95. The smallest absolute Gasteiger partial charge is 0.251 e. The lowest BCUT2D eigenvalue weighted by atomic mass is 10.1. The number of hydrogen-bond donors (Lipinski definition) is 2. The normalized spacial score (nSPS) is 20.7. The van der Waals surface area contributed by atoms with Crippen molar-refractivity contribution in [2.75, 3.05) is 35.8 Å². The first-order valence-corrected chi connectivity index (χ1v) is 12.1. The van der Waals surface area contributed by atoms with Crippen LogP contribution in [0.4, 0.5) is 23.1 Å². The van der Waals surface area contributed by atoms with Gasteiger partial charge in [-0.05, 0) is 43.9 Å². The molecule has 0 radical (unpaired) electrons. The molecule has 5 rings (SSSR count). The third kappa shape index (κ3) is 4.38. The minimum atomic E-state index is -0.120. The van der Waals surface area contributed by atoms with Gasteiger partial charge in [0.15, 0.2) is 5.82 Å². The van der Waals surface area contributed by atoms with Gasteiger partial charge in [-0.1, -0.05) is 19.8 Å². The number of nitrogens with zero attached hydrogens (tertiary/aromatic N) is 4. The molecular weight excluding hydrogens is 432 g/mol. The van der Waals surface area contributed by atoms with Crippen molar-refractivity contribution in [3.8, 4) is 5.75 Å². The van der Waals surface area contributed by atoms with E-state index < -0.39 is 0 Å². The van der Waals surface area contributed by atoms with E-state index in [4.69, 9.17) is 9.72 Å². The Morgan fingerprint density at radius 3 is 2.65 bits per heavy atom. The number of ether oxygens (including phenoxy) is 1. The molecule has 2 N–H and O–H groups in total. The number of amides is 2. The molecule has 2 saturated carbocycles. The molecule has 2 aromatic rings. The first-order chi connectivity index (χ1) is 16.4. The van der Waals surface area contributed by atoms with E-state index in [-0.39, 0.29) is 17.7 Å². The number of hydrogen-bond acceptors (Lipinski definition) is 7. The van der Waals surface area contributed by atoms with Gasteiger partial charge in [-0.3, -0.25) is 9.59 Å². The quantitative estimate of drug-likeness (QED) is 0.675. The van der Waals surface area contributed by atoms with E-state index in [1.165, 1.54) is 12.8 Å². The maximum absolute atomic E-state index is 12.9. The highest BCUT2D eigenvalue weighted by Crippen LogP contribution is 2.38. The molecule has 0 unspecified atom stereocenters. The highest BCUT2D eigenvalue weighted by atomic mass is 16.5. The van der Waals surface area contributed by atoms with Gasteiger partial charge in [0.25, 0.3) is 5.91 Å². The van der Waals surface area contributed by atoms with Crippen LogP contribution in [0.25, 0.3) is 0 Å². The molecule has 2 fully saturated rings. The van der Waals surface area contributed by atoms with Gasteiger partial charge in [0.05, 0.1) is 24.9 Å². The Labute approximate surface area is 199 Å². The number of rotatable bonds is 6. The van der Waals surface area contributed by atoms with E-state index in [1.807, 2.05) is 13.0 Å². The second-order valence-corrected chi connectivity index (χ2v) is 9.58. The molecule has 9 heteroatoms. The summed E-state index contributed by atoms with van der Waals surface area (Å²) >= 11 is 0. The number of anilines is 4. The van der Waals surface area contributed by atoms with E-state index in [0.29, 0.717) is 41.6 Å². The zero-order valence-corrected chi connectivity index (χ0v) is 20.0. The molecule has 34 heavy (non-hydrogen) atoms. The molecule has 1 aliphatic heterocycles. The molecule has 1 aromatic carbocycles. The van der Waals surface area contributed by atoms with Crippen LogP contribution in [0.3, 0.4) is 0 Å². The average molecular weight is 465 g/mol. The van der Waals surface area contributed by atoms with Gasteiger partial charge < -0.3 is 25.2 Å². The van der Waals surface area contributed by atoms with E-state index in [9.17, 15) is 9.59 Å². The SMILES string of the molecule is COc1cc(C(=O)NC2CC2)ccc1Nc1ncc2c(n1)N(C1CCCC1)C[C@@H](C)C(=O)N2C. The van der Waals surface area contributed by atoms with Crippen LogP contribution in [0.15, 0.2) is 24.4 Å². The summed E-state index contributed by atoms with van der Waals surface area (Å²) < 4.78 is 5.55. The van der Waals surface area contributed by atoms with E-state index in [2.05, 4.69) is 20.5 Å². The average Bonchev–Trinajstić information content (AvgIpc) is 3.51. The fraction of sp³-hybridized carbons (Fsp3) is 0.520. The minimum Gasteiger partial charge on any atom is -0.495 e. The van der Waals surface area contributed by atoms with Crippen molar-refractivity contribution in [2.45, 2.75) is 57.5 Å². The zero-order valence-electron chi connectivity index (χ0n) is 20.0. The van der Waals surface area contributed by atoms with Gasteiger partial charge in [0, 0.05) is 31.2 Å². The van der Waals surface area contributed by atoms with Crippen molar-refractivity contribution in [1.82, 2.24) is 15.3 Å². The lowest BCUT2D eigenvalue weighted by molar-refractivity contribution is -0.121. The Balaban J connectivity index is 1.44. The number of carbonyl (C=O) groups excluding carboxylic acids is 2. The van der Waals surface area contributed by atoms with Gasteiger partial charge in [0.2, 0.25) is 11.9 Å². The van der Waals surface area contributed by atoms with Crippen molar-refractivity contribution >= 4 is 35.0 Å². The van der Waals surface area contributed by atoms with Gasteiger partial charge in [0.1, 0.15) is 11.4 Å². The number of carbonyl (C=O) groups is 2. The number of benzene rings is 1. The highest BCUT2D eigenvalue weighted by Gasteiger charge is 2.35. The first-order valence-electron chi connectivity index (χ1n) is 12.1. The van der Waals surface area contributed by atoms with Crippen LogP contribution in [0.5, 0.6) is 5.75 Å². The summed E-state index contributed by atoms with van der Waals surface area (Å²) in [6.45, 7) is 2.62. The Kier molecular flexibility index (Phi) is 6.02. The molecule has 9 nitrogen and oxygen atoms in total. The molecule has 1 aromatic heterocycles. The molecule has 0 saturated heterocycles. The van der Waals surface area contributed by atoms with Crippen LogP contribution in [0, 0.1) is 5.92 Å². The lowest BCUT2D eigenvalue weighted by Crippen LogP contribution is -2.38. The van der Waals surface area contributed by atoms with Crippen LogP contribution < -0.4 is 25.2 Å². The Morgan fingerprint density at radius 2 is 1.94 bits per heavy atom. The van der Waals surface area contributed by atoms with Crippen LogP contribution in [-0.2, 0) is 4.79 Å². The second-order valence-electron chi connectivity index (χ2n) is 9.58. The van der Waals surface area contributed by atoms with Crippen LogP contribution in [-0.4, -0.2) is 54.6 Å². The fourth-order valence-electron chi connectivity index (χ4n) is 4.87. The molecule has 180 valence electrons. The maximum atomic E-state index is 12.9. The van der Waals surface area contributed by atoms with Crippen LogP contribution >= 0.6 is 0 Å². The Morgan fingerprint density at radius 1 is 1.18 bits per heavy atom. The molecule has 2 aliphatic carbocycles. The van der Waals surface area contributed by atoms with E-state index in [0.717, 1.165) is 37.2 Å². The fourth-order valence-corrected chi connectivity index (χ4v) is 4.87. The van der Waals surface area contributed by atoms with Gasteiger partial charge >= 0.3 is 0 Å². The molecule has 1 atom stereocenters. The number of nitrogens with one attached hydrogen (secondary N) is 2. The van der Waals surface area contributed by atoms with Gasteiger partial charge in [-0.25, -0.2) is 4.98 Å². The Bertz CT molecular complexity index is 1100. The van der Waals surface area contributed by atoms with Gasteiger partial charge in [-0.2, -0.15) is 4.98 Å². The number of fused-ring (bicyclic) bond motifs is 1. The number of methoxy groups -OCH3 is 1. The number of aromatic nitrogens is 2. The second kappa shape index (κ2) is 9.12. The summed E-state index contributed by atoms with van der Waals surface area (Å²) in [6.07, 6.45) is 8.40. The van der Waals surface area contributed by atoms with Crippen molar-refractivity contribution in [3.05, 3.63) is 30.0 Å². The highest BCUT2D eigenvalue weighted by molar-refractivity contribution is 5.99. The molecular formula is C25H32N6O3. The molecule has 0 spiro atoms. The predicted octanol–water partition coefficient (Wildman–Crippen LogP) is 3.48. The monoisotopic (exact) mass is 464 g/mol. The summed E-state index contributed by atoms with van der Waals surface area (Å²) in [6, 6.07) is 5.97. The maximum Gasteiger partial charge on any atom is 0.251 e. The van der Waals surface area contributed by atoms with E-state index in [1.54, 1.807) is 37.4 Å². The zero-order chi connectivity index (χ0) is 23.8. The van der Waals surface area contributed by atoms with Crippen LogP contribution in [0.2, 0.25) is 0 Å². The first kappa shape index (κ1) is 22.4. The van der Waals surface area contributed by atoms with Crippen LogP contribution in [0.1, 0.15) is 55.8 Å². The van der Waals surface area contributed by atoms with Crippen molar-refractivity contribution < 1.29 is 14.3 Å². The largest absolute Gasteiger partial charge is 0.495 e. The van der Waals surface area contributed by atoms with Crippen molar-refractivity contribution in [1.29, 1.82) is 0 Å². The third-order valence-corrected chi connectivity index (χ3v) is 6.99.